The molecule has 0 N–H and O–H groups in total. The Labute approximate surface area is 225 Å². The Kier molecular flexibility index (Phi) is 6.18. The zero-order chi connectivity index (χ0) is 27.1. The molecule has 0 aliphatic heterocycles. The molecular weight excluding hydrogens is 493 g/mol. The number of aryl methyl sites for hydroxylation is 2. The van der Waals surface area contributed by atoms with Crippen LogP contribution >= 0.6 is 0 Å². The zero-order valence-corrected chi connectivity index (χ0v) is 22.2. The fraction of sp³-hybridized carbons (Fsp3) is 0.200. The lowest BCUT2D eigenvalue weighted by Crippen LogP contribution is -2.10. The van der Waals surface area contributed by atoms with Gasteiger partial charge in [-0.15, -0.1) is 5.10 Å². The quantitative estimate of drug-likeness (QED) is 0.250. The maximum absolute atomic E-state index is 13.4. The zero-order valence-electron chi connectivity index (χ0n) is 22.2. The number of nitrogens with zero attached hydrogens (tertiary/aromatic N) is 7. The van der Waals surface area contributed by atoms with Crippen molar-refractivity contribution in [3.8, 4) is 34.2 Å². The van der Waals surface area contributed by atoms with Crippen LogP contribution in [0.15, 0.2) is 79.3 Å². The average Bonchev–Trinajstić information content (AvgIpc) is 3.68. The lowest BCUT2D eigenvalue weighted by atomic mass is 10.0. The summed E-state index contributed by atoms with van der Waals surface area (Å²) in [5.41, 5.74) is 6.98. The van der Waals surface area contributed by atoms with Gasteiger partial charge in [-0.05, 0) is 68.3 Å². The van der Waals surface area contributed by atoms with Crippen molar-refractivity contribution in [2.75, 3.05) is 7.11 Å². The van der Waals surface area contributed by atoms with Crippen molar-refractivity contribution >= 4 is 5.65 Å². The topological polar surface area (TPSA) is 75.1 Å². The van der Waals surface area contributed by atoms with Gasteiger partial charge in [0.25, 0.3) is 5.95 Å². The van der Waals surface area contributed by atoms with Gasteiger partial charge in [0.15, 0.2) is 11.4 Å². The number of pyridine rings is 2. The molecule has 5 heterocycles. The second kappa shape index (κ2) is 9.83. The fourth-order valence-corrected chi connectivity index (χ4v) is 5.04. The molecule has 0 aliphatic rings. The van der Waals surface area contributed by atoms with Gasteiger partial charge in [0, 0.05) is 34.9 Å². The van der Waals surface area contributed by atoms with Gasteiger partial charge in [-0.1, -0.05) is 25.1 Å². The van der Waals surface area contributed by atoms with Crippen LogP contribution in [0.2, 0.25) is 0 Å². The van der Waals surface area contributed by atoms with Gasteiger partial charge in [0.1, 0.15) is 5.82 Å². The van der Waals surface area contributed by atoms with E-state index in [0.29, 0.717) is 17.3 Å². The van der Waals surface area contributed by atoms with E-state index >= 15 is 0 Å². The molecule has 0 aliphatic carbocycles. The molecule has 0 saturated heterocycles. The largest absolute Gasteiger partial charge is 0.492 e. The van der Waals surface area contributed by atoms with Crippen molar-refractivity contribution in [1.82, 2.24) is 33.9 Å². The molecule has 6 aromatic rings. The molecule has 0 radical (unpaired) electrons. The molecule has 8 nitrogen and oxygen atoms in total. The SMILES string of the molecule is CCC(c1ccc(F)cc1)n1cc(-c2cccc(-c3ccn4nc(-n5c(C)ccc5C)nc4c3OC)n2)cn1. The molecule has 1 aromatic carbocycles. The predicted molar refractivity (Wildman–Crippen MR) is 148 cm³/mol. The molecular formula is C30H28FN7O. The lowest BCUT2D eigenvalue weighted by molar-refractivity contribution is 0.418. The van der Waals surface area contributed by atoms with Crippen LogP contribution in [0.1, 0.15) is 36.3 Å². The maximum Gasteiger partial charge on any atom is 0.254 e. The summed E-state index contributed by atoms with van der Waals surface area (Å²) in [6.07, 6.45) is 6.49. The number of rotatable bonds is 7. The second-order valence-corrected chi connectivity index (χ2v) is 9.49. The van der Waals surface area contributed by atoms with Gasteiger partial charge in [0.05, 0.1) is 30.7 Å². The van der Waals surface area contributed by atoms with E-state index in [-0.39, 0.29) is 11.9 Å². The normalized spacial score (nSPS) is 12.2. The third-order valence-electron chi connectivity index (χ3n) is 7.01. The fourth-order valence-electron chi connectivity index (χ4n) is 5.04. The molecule has 1 atom stereocenters. The predicted octanol–water partition coefficient (Wildman–Crippen LogP) is 6.21. The van der Waals surface area contributed by atoms with E-state index in [0.717, 1.165) is 45.9 Å². The Morgan fingerprint density at radius 1 is 0.923 bits per heavy atom. The minimum atomic E-state index is -0.248. The third kappa shape index (κ3) is 4.35. The third-order valence-corrected chi connectivity index (χ3v) is 7.01. The van der Waals surface area contributed by atoms with Gasteiger partial charge in [-0.3, -0.25) is 9.25 Å². The standard InChI is InChI=1S/C30H28FN7O/c1-5-27(21-11-13-23(31)14-12-21)37-18-22(17-32-37)25-7-6-8-26(33-25)24-15-16-36-29(28(24)39-4)34-30(35-36)38-19(2)9-10-20(38)3/h6-18,27H,5H2,1-4H3. The number of ether oxygens (including phenoxy) is 1. The molecule has 196 valence electrons. The van der Waals surface area contributed by atoms with Crippen molar-refractivity contribution in [2.24, 2.45) is 0 Å². The number of halogens is 1. The molecule has 0 fully saturated rings. The smallest absolute Gasteiger partial charge is 0.254 e. The lowest BCUT2D eigenvalue weighted by Gasteiger charge is -2.16. The minimum Gasteiger partial charge on any atom is -0.492 e. The van der Waals surface area contributed by atoms with E-state index in [4.69, 9.17) is 14.7 Å². The van der Waals surface area contributed by atoms with Crippen molar-refractivity contribution in [3.05, 3.63) is 102 Å². The van der Waals surface area contributed by atoms with Crippen molar-refractivity contribution in [1.29, 1.82) is 0 Å². The Balaban J connectivity index is 1.37. The first kappa shape index (κ1) is 24.5. The summed E-state index contributed by atoms with van der Waals surface area (Å²) in [6.45, 7) is 6.15. The monoisotopic (exact) mass is 521 g/mol. The number of benzene rings is 1. The van der Waals surface area contributed by atoms with E-state index in [9.17, 15) is 4.39 Å². The highest BCUT2D eigenvalue weighted by Gasteiger charge is 2.19. The van der Waals surface area contributed by atoms with E-state index in [1.165, 1.54) is 12.1 Å². The Morgan fingerprint density at radius 3 is 2.38 bits per heavy atom. The van der Waals surface area contributed by atoms with Crippen LogP contribution in [0.3, 0.4) is 0 Å². The first-order valence-electron chi connectivity index (χ1n) is 12.8. The van der Waals surface area contributed by atoms with E-state index in [1.54, 1.807) is 23.8 Å². The first-order chi connectivity index (χ1) is 19.0. The van der Waals surface area contributed by atoms with Gasteiger partial charge >= 0.3 is 0 Å². The summed E-state index contributed by atoms with van der Waals surface area (Å²) in [7, 11) is 1.63. The molecule has 5 aromatic heterocycles. The molecule has 39 heavy (non-hydrogen) atoms. The number of aromatic nitrogens is 7. The van der Waals surface area contributed by atoms with Crippen LogP contribution in [0, 0.1) is 19.7 Å². The van der Waals surface area contributed by atoms with Gasteiger partial charge in [-0.2, -0.15) is 10.1 Å². The molecule has 9 heteroatoms. The summed E-state index contributed by atoms with van der Waals surface area (Å²) in [5, 5.41) is 9.29. The summed E-state index contributed by atoms with van der Waals surface area (Å²) in [6, 6.07) is 18.5. The van der Waals surface area contributed by atoms with Crippen LogP contribution in [0.5, 0.6) is 5.75 Å². The highest BCUT2D eigenvalue weighted by Crippen LogP contribution is 2.34. The Morgan fingerprint density at radius 2 is 1.67 bits per heavy atom. The van der Waals surface area contributed by atoms with Crippen molar-refractivity contribution in [2.45, 2.75) is 33.2 Å². The van der Waals surface area contributed by atoms with E-state index in [2.05, 4.69) is 17.1 Å². The highest BCUT2D eigenvalue weighted by atomic mass is 19.1. The Bertz CT molecular complexity index is 1760. The van der Waals surface area contributed by atoms with Crippen LogP contribution in [0.4, 0.5) is 4.39 Å². The minimum absolute atomic E-state index is 0.000241. The highest BCUT2D eigenvalue weighted by molar-refractivity contribution is 5.77. The number of hydrogen-bond donors (Lipinski definition) is 0. The van der Waals surface area contributed by atoms with Crippen LogP contribution in [0.25, 0.3) is 34.1 Å². The molecule has 6 rings (SSSR count). The summed E-state index contributed by atoms with van der Waals surface area (Å²) >= 11 is 0. The molecule has 0 bridgehead atoms. The molecule has 0 saturated carbocycles. The molecule has 0 amide bonds. The van der Waals surface area contributed by atoms with Gasteiger partial charge in [-0.25, -0.2) is 13.9 Å². The summed E-state index contributed by atoms with van der Waals surface area (Å²) < 4.78 is 24.9. The molecule has 0 spiro atoms. The average molecular weight is 522 g/mol. The van der Waals surface area contributed by atoms with Crippen LogP contribution in [-0.4, -0.2) is 41.0 Å². The molecule has 1 unspecified atom stereocenters. The van der Waals surface area contributed by atoms with Crippen molar-refractivity contribution < 1.29 is 9.13 Å². The number of fused-ring (bicyclic) bond motifs is 1. The number of hydrogen-bond acceptors (Lipinski definition) is 5. The maximum atomic E-state index is 13.4. The van der Waals surface area contributed by atoms with Crippen LogP contribution < -0.4 is 4.74 Å². The summed E-state index contributed by atoms with van der Waals surface area (Å²) in [4.78, 5) is 9.76. The first-order valence-corrected chi connectivity index (χ1v) is 12.8. The van der Waals surface area contributed by atoms with Crippen LogP contribution in [-0.2, 0) is 0 Å². The van der Waals surface area contributed by atoms with E-state index in [1.807, 2.05) is 78.1 Å². The summed E-state index contributed by atoms with van der Waals surface area (Å²) in [5.74, 6) is 0.939. The van der Waals surface area contributed by atoms with Crippen molar-refractivity contribution in [3.63, 3.8) is 0 Å². The van der Waals surface area contributed by atoms with E-state index < -0.39 is 0 Å². The Hall–Kier alpha value is -4.79. The number of methoxy groups -OCH3 is 1. The van der Waals surface area contributed by atoms with Gasteiger partial charge in [0.2, 0.25) is 0 Å². The van der Waals surface area contributed by atoms with Gasteiger partial charge < -0.3 is 4.74 Å². The second-order valence-electron chi connectivity index (χ2n) is 9.49.